The fraction of sp³-hybridized carbons (Fsp3) is 0.478. The molecular formula is C46H64N4O11Si. The highest BCUT2D eigenvalue weighted by atomic mass is 28.4. The molecule has 0 fully saturated rings. The molecule has 1 heterocycles. The van der Waals surface area contributed by atoms with Crippen LogP contribution in [0.3, 0.4) is 0 Å². The first-order valence-corrected chi connectivity index (χ1v) is 23.6. The molecular weight excluding hydrogens is 813 g/mol. The third-order valence-corrected chi connectivity index (χ3v) is 14.4. The number of aliphatic carboxylic acids is 1. The van der Waals surface area contributed by atoms with Crippen molar-refractivity contribution >= 4 is 32.4 Å². The lowest BCUT2D eigenvalue weighted by Gasteiger charge is -2.36. The zero-order valence-electron chi connectivity index (χ0n) is 38.2. The highest BCUT2D eigenvalue weighted by Gasteiger charge is 2.39. The first kappa shape index (κ1) is 50.5. The molecule has 0 aliphatic carbocycles. The summed E-state index contributed by atoms with van der Waals surface area (Å²) in [6.45, 7) is 22.4. The Morgan fingerprint density at radius 1 is 0.726 bits per heavy atom. The molecule has 0 saturated carbocycles. The van der Waals surface area contributed by atoms with Crippen LogP contribution in [0.25, 0.3) is 11.5 Å². The Kier molecular flexibility index (Phi) is 19.0. The third kappa shape index (κ3) is 15.8. The average Bonchev–Trinajstić information content (AvgIpc) is 3.71. The van der Waals surface area contributed by atoms with Crippen molar-refractivity contribution in [1.82, 2.24) is 19.9 Å². The van der Waals surface area contributed by atoms with Gasteiger partial charge in [-0.3, -0.25) is 19.4 Å². The monoisotopic (exact) mass is 876 g/mol. The summed E-state index contributed by atoms with van der Waals surface area (Å²) in [6, 6.07) is 23.3. The molecule has 4 aromatic rings. The van der Waals surface area contributed by atoms with Crippen molar-refractivity contribution in [1.29, 1.82) is 0 Å². The van der Waals surface area contributed by atoms with Crippen molar-refractivity contribution in [3.8, 4) is 23.0 Å². The number of carbonyl (C=O) groups is 4. The SMILES string of the molecule is CC(C)COC(=O)N(CC(=O)O)[C@H](C)c1ccc(OCc2noc(-c3ccccc3)n2)cc1.COC(=O)CN(C(=O)OCC(C)C)[C@H](C)c1ccc(O[Si](C)(C)C(C)(C)C)cc1. The molecule has 338 valence electrons. The van der Waals surface area contributed by atoms with Crippen molar-refractivity contribution in [3.63, 3.8) is 0 Å². The van der Waals surface area contributed by atoms with Gasteiger partial charge in [0.2, 0.25) is 14.1 Å². The highest BCUT2D eigenvalue weighted by Crippen LogP contribution is 2.37. The molecule has 0 saturated heterocycles. The smallest absolute Gasteiger partial charge is 0.410 e. The van der Waals surface area contributed by atoms with Crippen LogP contribution in [0.15, 0.2) is 83.4 Å². The number of ether oxygens (including phenoxy) is 4. The van der Waals surface area contributed by atoms with Crippen LogP contribution in [-0.2, 0) is 30.4 Å². The first-order valence-electron chi connectivity index (χ1n) is 20.7. The van der Waals surface area contributed by atoms with Crippen LogP contribution in [0.5, 0.6) is 11.5 Å². The van der Waals surface area contributed by atoms with E-state index in [0.29, 0.717) is 24.1 Å². The zero-order chi connectivity index (χ0) is 46.2. The molecule has 16 heteroatoms. The Balaban J connectivity index is 0.000000334. The van der Waals surface area contributed by atoms with Crippen LogP contribution in [0.4, 0.5) is 9.59 Å². The molecule has 0 aliphatic heterocycles. The minimum absolute atomic E-state index is 0.108. The molecule has 1 aromatic heterocycles. The normalized spacial score (nSPS) is 12.4. The van der Waals surface area contributed by atoms with Gasteiger partial charge in [0.05, 0.1) is 32.4 Å². The number of hydrogen-bond donors (Lipinski definition) is 1. The molecule has 1 N–H and O–H groups in total. The number of aromatic nitrogens is 2. The minimum atomic E-state index is -1.92. The van der Waals surface area contributed by atoms with Gasteiger partial charge in [0.25, 0.3) is 5.89 Å². The van der Waals surface area contributed by atoms with Gasteiger partial charge in [-0.05, 0) is 91.3 Å². The number of carboxylic acids is 1. The van der Waals surface area contributed by atoms with Crippen molar-refractivity contribution in [2.24, 2.45) is 11.8 Å². The van der Waals surface area contributed by atoms with Crippen molar-refractivity contribution in [2.45, 2.75) is 99.1 Å². The van der Waals surface area contributed by atoms with Crippen LogP contribution >= 0.6 is 0 Å². The maximum atomic E-state index is 12.6. The van der Waals surface area contributed by atoms with Crippen LogP contribution in [-0.4, -0.2) is 90.9 Å². The topological polar surface area (TPSA) is 180 Å². The van der Waals surface area contributed by atoms with Crippen molar-refractivity contribution < 1.29 is 52.2 Å². The molecule has 0 radical (unpaired) electrons. The fourth-order valence-electron chi connectivity index (χ4n) is 5.33. The lowest BCUT2D eigenvalue weighted by molar-refractivity contribution is -0.142. The number of esters is 1. The second kappa shape index (κ2) is 23.4. The molecule has 0 bridgehead atoms. The lowest BCUT2D eigenvalue weighted by atomic mass is 10.1. The van der Waals surface area contributed by atoms with Crippen LogP contribution in [0.2, 0.25) is 18.1 Å². The molecule has 2 amide bonds. The van der Waals surface area contributed by atoms with Gasteiger partial charge < -0.3 is 33.0 Å². The number of nitrogens with zero attached hydrogens (tertiary/aromatic N) is 4. The number of carbonyl (C=O) groups excluding carboxylic acids is 3. The molecule has 3 aromatic carbocycles. The Bertz CT molecular complexity index is 2010. The van der Waals surface area contributed by atoms with E-state index in [9.17, 15) is 24.3 Å². The van der Waals surface area contributed by atoms with E-state index in [1.807, 2.05) is 89.2 Å². The van der Waals surface area contributed by atoms with Gasteiger partial charge in [0.15, 0.2) is 6.61 Å². The lowest BCUT2D eigenvalue weighted by Crippen LogP contribution is -2.43. The molecule has 0 aliphatic rings. The third-order valence-electron chi connectivity index (χ3n) is 10.1. The van der Waals surface area contributed by atoms with Crippen LogP contribution in [0, 0.1) is 11.8 Å². The van der Waals surface area contributed by atoms with Gasteiger partial charge in [-0.1, -0.05) is 96.1 Å². The number of hydrogen-bond acceptors (Lipinski definition) is 12. The number of rotatable bonds is 18. The Labute approximate surface area is 366 Å². The summed E-state index contributed by atoms with van der Waals surface area (Å²) in [7, 11) is -0.621. The fourth-order valence-corrected chi connectivity index (χ4v) is 6.36. The molecule has 62 heavy (non-hydrogen) atoms. The Hall–Kier alpha value is -5.90. The molecule has 15 nitrogen and oxygen atoms in total. The van der Waals surface area contributed by atoms with E-state index in [-0.39, 0.29) is 42.7 Å². The molecule has 4 rings (SSSR count). The second-order valence-electron chi connectivity index (χ2n) is 17.2. The number of benzene rings is 3. The van der Waals surface area contributed by atoms with Crippen molar-refractivity contribution in [2.75, 3.05) is 33.4 Å². The number of carboxylic acid groups (broad SMARTS) is 1. The number of methoxy groups -OCH3 is 1. The number of amides is 2. The minimum Gasteiger partial charge on any atom is -0.544 e. The van der Waals surface area contributed by atoms with Gasteiger partial charge in [-0.25, -0.2) is 9.59 Å². The zero-order valence-corrected chi connectivity index (χ0v) is 39.2. The van der Waals surface area contributed by atoms with Crippen LogP contribution in [0.1, 0.15) is 91.3 Å². The second-order valence-corrected chi connectivity index (χ2v) is 21.9. The molecule has 2 atom stereocenters. The van der Waals surface area contributed by atoms with E-state index in [4.69, 9.17) is 27.9 Å². The van der Waals surface area contributed by atoms with E-state index in [2.05, 4.69) is 44.0 Å². The quantitative estimate of drug-likeness (QED) is 0.0567. The Morgan fingerprint density at radius 3 is 1.66 bits per heavy atom. The standard InChI is InChI=1S/C24H27N3O6.C22H37NO5Si/c1-16(2)14-32-24(30)27(13-22(28)29)17(3)18-9-11-20(12-10-18)31-15-21-25-23(33-26-21)19-7-5-4-6-8-19;1-16(2)15-27-21(25)23(14-20(24)26-7)17(3)18-10-12-19(13-11-18)28-29(8,9)22(4,5)6/h4-12,16-17H,13-15H2,1-3H3,(H,28,29);10-13,16-17H,14-15H2,1-9H3/t2*17-/m11/s1. The summed E-state index contributed by atoms with van der Waals surface area (Å²) < 4.78 is 32.6. The summed E-state index contributed by atoms with van der Waals surface area (Å²) >= 11 is 0. The summed E-state index contributed by atoms with van der Waals surface area (Å²) in [4.78, 5) is 55.0. The van der Waals surface area contributed by atoms with E-state index < -0.39 is 45.0 Å². The van der Waals surface area contributed by atoms with Gasteiger partial charge in [-0.2, -0.15) is 4.98 Å². The highest BCUT2D eigenvalue weighted by molar-refractivity contribution is 6.74. The molecule has 0 spiro atoms. The first-order chi connectivity index (χ1) is 29.1. The molecule has 0 unspecified atom stereocenters. The van der Waals surface area contributed by atoms with E-state index in [1.165, 1.54) is 16.9 Å². The van der Waals surface area contributed by atoms with Gasteiger partial charge in [0.1, 0.15) is 24.6 Å². The maximum Gasteiger partial charge on any atom is 0.410 e. The van der Waals surface area contributed by atoms with E-state index in [0.717, 1.165) is 22.4 Å². The predicted octanol–water partition coefficient (Wildman–Crippen LogP) is 9.96. The van der Waals surface area contributed by atoms with E-state index >= 15 is 0 Å². The maximum absolute atomic E-state index is 12.6. The predicted molar refractivity (Wildman–Crippen MR) is 237 cm³/mol. The summed E-state index contributed by atoms with van der Waals surface area (Å²) in [6.07, 6.45) is -1.19. The Morgan fingerprint density at radius 2 is 1.21 bits per heavy atom. The summed E-state index contributed by atoms with van der Waals surface area (Å²) in [5, 5.41) is 13.3. The van der Waals surface area contributed by atoms with E-state index in [1.54, 1.807) is 31.2 Å². The van der Waals surface area contributed by atoms with Gasteiger partial charge in [-0.15, -0.1) is 0 Å². The van der Waals surface area contributed by atoms with Crippen molar-refractivity contribution in [3.05, 3.63) is 95.8 Å². The van der Waals surface area contributed by atoms with Gasteiger partial charge >= 0.3 is 24.1 Å². The summed E-state index contributed by atoms with van der Waals surface area (Å²) in [5.41, 5.74) is 2.46. The largest absolute Gasteiger partial charge is 0.544 e. The van der Waals surface area contributed by atoms with Gasteiger partial charge in [0, 0.05) is 5.56 Å². The average molecular weight is 877 g/mol. The summed E-state index contributed by atoms with van der Waals surface area (Å²) in [5.74, 6) is 0.970. The van der Waals surface area contributed by atoms with Crippen LogP contribution < -0.4 is 9.16 Å².